The number of nitrogens with zero attached hydrogens (tertiary/aromatic N) is 1. The first kappa shape index (κ1) is 14.4. The molecule has 0 aliphatic carbocycles. The Morgan fingerprint density at radius 3 is 2.71 bits per heavy atom. The number of unbranched alkanes of at least 4 members (excludes halogenated alkanes) is 1. The molecule has 0 aliphatic rings. The van der Waals surface area contributed by atoms with E-state index in [0.29, 0.717) is 6.61 Å². The molecule has 0 saturated carbocycles. The van der Waals surface area contributed by atoms with Crippen molar-refractivity contribution in [3.8, 4) is 5.75 Å². The van der Waals surface area contributed by atoms with Gasteiger partial charge >= 0.3 is 5.69 Å². The van der Waals surface area contributed by atoms with Crippen LogP contribution >= 0.6 is 31.9 Å². The average Bonchev–Trinajstić information content (AvgIpc) is 2.28. The van der Waals surface area contributed by atoms with Gasteiger partial charge in [0.15, 0.2) is 5.75 Å². The molecule has 0 N–H and O–H groups in total. The average molecular weight is 371 g/mol. The molecule has 7 heteroatoms. The summed E-state index contributed by atoms with van der Waals surface area (Å²) in [6.45, 7) is 0.327. The minimum Gasteiger partial charge on any atom is -0.487 e. The molecule has 94 valence electrons. The molecule has 0 unspecified atom stereocenters. The third kappa shape index (κ3) is 4.23. The summed E-state index contributed by atoms with van der Waals surface area (Å²) in [5, 5.41) is 11.6. The van der Waals surface area contributed by atoms with Crippen molar-refractivity contribution in [1.82, 2.24) is 0 Å². The highest BCUT2D eigenvalue weighted by atomic mass is 79.9. The molecule has 0 heterocycles. The molecular weight excluding hydrogens is 361 g/mol. The molecule has 17 heavy (non-hydrogen) atoms. The summed E-state index contributed by atoms with van der Waals surface area (Å²) in [4.78, 5) is 10.2. The Morgan fingerprint density at radius 2 is 2.12 bits per heavy atom. The van der Waals surface area contributed by atoms with Crippen LogP contribution in [0.1, 0.15) is 12.8 Å². The van der Waals surface area contributed by atoms with Crippen LogP contribution in [0.2, 0.25) is 0 Å². The zero-order valence-corrected chi connectivity index (χ0v) is 12.0. The van der Waals surface area contributed by atoms with Crippen molar-refractivity contribution < 1.29 is 14.1 Å². The Bertz CT molecular complexity index is 415. The van der Waals surface area contributed by atoms with Crippen molar-refractivity contribution in [2.75, 3.05) is 11.9 Å². The van der Waals surface area contributed by atoms with Crippen LogP contribution in [0, 0.1) is 15.9 Å². The lowest BCUT2D eigenvalue weighted by Crippen LogP contribution is -2.01. The van der Waals surface area contributed by atoms with E-state index in [1.165, 1.54) is 0 Å². The maximum atomic E-state index is 13.2. The summed E-state index contributed by atoms with van der Waals surface area (Å²) in [6, 6.07) is 2.13. The molecule has 1 aromatic carbocycles. The van der Waals surface area contributed by atoms with E-state index in [1.807, 2.05) is 0 Å². The quantitative estimate of drug-likeness (QED) is 0.328. The second-order valence-electron chi connectivity index (χ2n) is 3.24. The number of hydrogen-bond acceptors (Lipinski definition) is 3. The number of ether oxygens (including phenoxy) is 1. The van der Waals surface area contributed by atoms with Crippen molar-refractivity contribution >= 4 is 37.5 Å². The van der Waals surface area contributed by atoms with Crippen LogP contribution in [0.15, 0.2) is 16.6 Å². The topological polar surface area (TPSA) is 52.4 Å². The second-order valence-corrected chi connectivity index (χ2v) is 4.88. The summed E-state index contributed by atoms with van der Waals surface area (Å²) in [5.74, 6) is -0.614. The van der Waals surface area contributed by atoms with E-state index in [9.17, 15) is 14.5 Å². The lowest BCUT2D eigenvalue weighted by molar-refractivity contribution is -0.386. The van der Waals surface area contributed by atoms with Gasteiger partial charge in [-0.1, -0.05) is 15.9 Å². The number of halogens is 3. The number of nitro benzene ring substituents is 1. The van der Waals surface area contributed by atoms with E-state index >= 15 is 0 Å². The van der Waals surface area contributed by atoms with E-state index in [4.69, 9.17) is 4.74 Å². The van der Waals surface area contributed by atoms with Crippen LogP contribution in [0.3, 0.4) is 0 Å². The van der Waals surface area contributed by atoms with Gasteiger partial charge in [0, 0.05) is 17.5 Å². The molecule has 0 aromatic heterocycles. The van der Waals surface area contributed by atoms with Gasteiger partial charge in [0.2, 0.25) is 0 Å². The van der Waals surface area contributed by atoms with Crippen molar-refractivity contribution in [3.63, 3.8) is 0 Å². The fourth-order valence-electron chi connectivity index (χ4n) is 1.16. The van der Waals surface area contributed by atoms with Crippen LogP contribution in [0.5, 0.6) is 5.75 Å². The Morgan fingerprint density at radius 1 is 1.41 bits per heavy atom. The van der Waals surface area contributed by atoms with Crippen LogP contribution in [-0.4, -0.2) is 16.9 Å². The normalized spacial score (nSPS) is 10.3. The van der Waals surface area contributed by atoms with E-state index in [0.717, 1.165) is 30.3 Å². The Labute approximate surface area is 115 Å². The second kappa shape index (κ2) is 6.90. The first-order chi connectivity index (χ1) is 8.06. The van der Waals surface area contributed by atoms with Gasteiger partial charge in [0.05, 0.1) is 16.0 Å². The third-order valence-electron chi connectivity index (χ3n) is 1.98. The lowest BCUT2D eigenvalue weighted by Gasteiger charge is -2.07. The highest BCUT2D eigenvalue weighted by Gasteiger charge is 2.18. The van der Waals surface area contributed by atoms with Gasteiger partial charge < -0.3 is 4.74 Å². The molecule has 0 amide bonds. The van der Waals surface area contributed by atoms with Gasteiger partial charge in [-0.2, -0.15) is 0 Å². The number of rotatable bonds is 6. The molecule has 0 bridgehead atoms. The Balaban J connectivity index is 2.81. The van der Waals surface area contributed by atoms with E-state index in [-0.39, 0.29) is 15.9 Å². The van der Waals surface area contributed by atoms with Crippen LogP contribution < -0.4 is 4.74 Å². The van der Waals surface area contributed by atoms with Gasteiger partial charge in [0.1, 0.15) is 5.82 Å². The SMILES string of the molecule is O=[N+]([O-])c1cc(Br)c(F)cc1OCCCCBr. The standard InChI is InChI=1S/C10H10Br2FNO3/c11-3-1-2-4-17-10-6-8(13)7(12)5-9(10)14(15)16/h5-6H,1-4H2. The Kier molecular flexibility index (Phi) is 5.84. The number of hydrogen-bond donors (Lipinski definition) is 0. The molecule has 4 nitrogen and oxygen atoms in total. The molecule has 0 radical (unpaired) electrons. The fraction of sp³-hybridized carbons (Fsp3) is 0.400. The largest absolute Gasteiger partial charge is 0.487 e. The minimum atomic E-state index is -0.593. The zero-order chi connectivity index (χ0) is 12.8. The van der Waals surface area contributed by atoms with Gasteiger partial charge in [-0.05, 0) is 28.8 Å². The predicted molar refractivity (Wildman–Crippen MR) is 69.3 cm³/mol. The number of benzene rings is 1. The minimum absolute atomic E-state index is 0.0368. The smallest absolute Gasteiger partial charge is 0.312 e. The molecule has 0 saturated heterocycles. The summed E-state index contributed by atoms with van der Waals surface area (Å²) in [7, 11) is 0. The number of nitro groups is 1. The monoisotopic (exact) mass is 369 g/mol. The van der Waals surface area contributed by atoms with Gasteiger partial charge in [-0.25, -0.2) is 4.39 Å². The molecule has 1 aromatic rings. The van der Waals surface area contributed by atoms with Gasteiger partial charge in [0.25, 0.3) is 0 Å². The van der Waals surface area contributed by atoms with E-state index in [2.05, 4.69) is 31.9 Å². The zero-order valence-electron chi connectivity index (χ0n) is 8.79. The molecule has 0 aliphatic heterocycles. The lowest BCUT2D eigenvalue weighted by atomic mass is 10.3. The van der Waals surface area contributed by atoms with Gasteiger partial charge in [-0.15, -0.1) is 0 Å². The molecule has 0 fully saturated rings. The first-order valence-corrected chi connectivity index (χ1v) is 6.80. The molecular formula is C10H10Br2FNO3. The van der Waals surface area contributed by atoms with Crippen molar-refractivity contribution in [2.45, 2.75) is 12.8 Å². The number of alkyl halides is 1. The molecule has 0 spiro atoms. The third-order valence-corrected chi connectivity index (χ3v) is 3.15. The summed E-state index contributed by atoms with van der Waals surface area (Å²) < 4.78 is 18.5. The maximum absolute atomic E-state index is 13.2. The summed E-state index contributed by atoms with van der Waals surface area (Å²) >= 11 is 6.17. The van der Waals surface area contributed by atoms with Crippen molar-refractivity contribution in [2.24, 2.45) is 0 Å². The highest BCUT2D eigenvalue weighted by molar-refractivity contribution is 9.10. The van der Waals surface area contributed by atoms with Crippen molar-refractivity contribution in [1.29, 1.82) is 0 Å². The fourth-order valence-corrected chi connectivity index (χ4v) is 1.88. The van der Waals surface area contributed by atoms with E-state index in [1.54, 1.807) is 0 Å². The van der Waals surface area contributed by atoms with Crippen LogP contribution in [-0.2, 0) is 0 Å². The summed E-state index contributed by atoms with van der Waals surface area (Å²) in [5.41, 5.74) is -0.239. The van der Waals surface area contributed by atoms with E-state index < -0.39 is 10.7 Å². The highest BCUT2D eigenvalue weighted by Crippen LogP contribution is 2.32. The molecule has 0 atom stereocenters. The van der Waals surface area contributed by atoms with Crippen LogP contribution in [0.25, 0.3) is 0 Å². The Hall–Kier alpha value is -0.690. The predicted octanol–water partition coefficient (Wildman–Crippen LogP) is 4.05. The van der Waals surface area contributed by atoms with Crippen molar-refractivity contribution in [3.05, 3.63) is 32.5 Å². The van der Waals surface area contributed by atoms with Gasteiger partial charge in [-0.3, -0.25) is 10.1 Å². The molecule has 1 rings (SSSR count). The first-order valence-electron chi connectivity index (χ1n) is 4.88. The maximum Gasteiger partial charge on any atom is 0.312 e. The summed E-state index contributed by atoms with van der Waals surface area (Å²) in [6.07, 6.45) is 1.65. The van der Waals surface area contributed by atoms with Crippen LogP contribution in [0.4, 0.5) is 10.1 Å².